The fraction of sp³-hybridized carbons (Fsp3) is 0.192. The van der Waals surface area contributed by atoms with Crippen molar-refractivity contribution in [2.45, 2.75) is 13.0 Å². The molecule has 0 spiro atoms. The predicted molar refractivity (Wildman–Crippen MR) is 132 cm³/mol. The van der Waals surface area contributed by atoms with Crippen molar-refractivity contribution in [1.29, 1.82) is 0 Å². The van der Waals surface area contributed by atoms with E-state index in [1.54, 1.807) is 17.2 Å². The van der Waals surface area contributed by atoms with Gasteiger partial charge in [-0.2, -0.15) is 0 Å². The fourth-order valence-electron chi connectivity index (χ4n) is 4.48. The van der Waals surface area contributed by atoms with Gasteiger partial charge in [-0.25, -0.2) is 9.37 Å². The summed E-state index contributed by atoms with van der Waals surface area (Å²) in [4.78, 5) is 37.4. The molecular weight excluding hydrogens is 451 g/mol. The molecule has 34 heavy (non-hydrogen) atoms. The van der Waals surface area contributed by atoms with Crippen molar-refractivity contribution in [3.8, 4) is 10.6 Å². The second-order valence-electron chi connectivity index (χ2n) is 8.32. The Morgan fingerprint density at radius 3 is 2.68 bits per heavy atom. The highest BCUT2D eigenvalue weighted by molar-refractivity contribution is 7.13. The summed E-state index contributed by atoms with van der Waals surface area (Å²) in [6.07, 6.45) is 3.09. The van der Waals surface area contributed by atoms with Gasteiger partial charge in [0.25, 0.3) is 11.7 Å². The number of fused-ring (bicyclic) bond motifs is 1. The minimum Gasteiger partial charge on any atom is -0.368 e. The van der Waals surface area contributed by atoms with Gasteiger partial charge >= 0.3 is 0 Å². The topological polar surface area (TPSA) is 69.3 Å². The van der Waals surface area contributed by atoms with Crippen molar-refractivity contribution >= 4 is 39.6 Å². The number of amides is 1. The first-order valence-corrected chi connectivity index (χ1v) is 11.9. The van der Waals surface area contributed by atoms with Gasteiger partial charge in [-0.1, -0.05) is 36.9 Å². The summed E-state index contributed by atoms with van der Waals surface area (Å²) in [5, 5.41) is 2.66. The van der Waals surface area contributed by atoms with Gasteiger partial charge in [-0.3, -0.25) is 9.59 Å². The monoisotopic (exact) mass is 474 g/mol. The highest BCUT2D eigenvalue weighted by Gasteiger charge is 2.33. The van der Waals surface area contributed by atoms with Crippen molar-refractivity contribution < 1.29 is 14.0 Å². The summed E-state index contributed by atoms with van der Waals surface area (Å²) in [5.41, 5.74) is 3.11. The van der Waals surface area contributed by atoms with E-state index in [9.17, 15) is 14.0 Å². The Hall–Kier alpha value is -3.78. The van der Waals surface area contributed by atoms with Crippen LogP contribution in [0.25, 0.3) is 27.2 Å². The van der Waals surface area contributed by atoms with Gasteiger partial charge in [0.05, 0.1) is 11.1 Å². The van der Waals surface area contributed by atoms with Gasteiger partial charge in [0.1, 0.15) is 10.8 Å². The number of carbonyl (C=O) groups excluding carboxylic acids is 2. The third-order valence-electron chi connectivity index (χ3n) is 6.26. The van der Waals surface area contributed by atoms with Crippen LogP contribution in [0.15, 0.2) is 66.8 Å². The number of hydrogen-bond donors (Lipinski definition) is 1. The third kappa shape index (κ3) is 3.80. The third-order valence-corrected chi connectivity index (χ3v) is 7.07. The van der Waals surface area contributed by atoms with E-state index in [1.807, 2.05) is 42.6 Å². The van der Waals surface area contributed by atoms with Crippen molar-refractivity contribution in [3.63, 3.8) is 0 Å². The molecule has 0 aliphatic carbocycles. The number of nitrogens with one attached hydrogen (secondary N) is 1. The zero-order chi connectivity index (χ0) is 23.8. The van der Waals surface area contributed by atoms with Crippen LogP contribution in [0.2, 0.25) is 0 Å². The number of H-pyrrole nitrogens is 1. The number of piperazine rings is 1. The molecule has 8 heteroatoms. The number of aromatic amines is 1. The number of halogens is 1. The van der Waals surface area contributed by atoms with Crippen LogP contribution in [0, 0.1) is 5.82 Å². The zero-order valence-electron chi connectivity index (χ0n) is 18.6. The van der Waals surface area contributed by atoms with Crippen LogP contribution in [-0.2, 0) is 4.79 Å². The van der Waals surface area contributed by atoms with Gasteiger partial charge in [0.2, 0.25) is 0 Å². The van der Waals surface area contributed by atoms with E-state index >= 15 is 0 Å². The second-order valence-corrected chi connectivity index (χ2v) is 9.21. The molecule has 0 saturated carbocycles. The molecule has 2 aromatic carbocycles. The lowest BCUT2D eigenvalue weighted by Gasteiger charge is -2.41. The molecule has 5 rings (SSSR count). The Bertz CT molecular complexity index is 1380. The highest BCUT2D eigenvalue weighted by atomic mass is 32.1. The van der Waals surface area contributed by atoms with E-state index in [1.165, 1.54) is 23.6 Å². The number of hydrogen-bond acceptors (Lipinski definition) is 5. The molecule has 1 saturated heterocycles. The number of rotatable bonds is 5. The molecule has 2 aromatic heterocycles. The van der Waals surface area contributed by atoms with Crippen LogP contribution in [0.1, 0.15) is 22.8 Å². The van der Waals surface area contributed by atoms with Gasteiger partial charge in [0, 0.05) is 60.1 Å². The average Bonchev–Trinajstić information content (AvgIpc) is 3.55. The summed E-state index contributed by atoms with van der Waals surface area (Å²) >= 11 is 1.42. The minimum absolute atomic E-state index is 0.0410. The standard InChI is InChI=1S/C26H23FN4O2S/c1-16-15-30(17(2)18-6-4-3-5-7-18)11-12-31(16)26(33)24(32)20-14-29-23-19(25-28-10-13-34-25)8-9-21(27)22(20)23/h3-10,13-14,16,29H,2,11-12,15H2,1H3/t16-/m0/s1. The predicted octanol–water partition coefficient (Wildman–Crippen LogP) is 4.82. The van der Waals surface area contributed by atoms with E-state index < -0.39 is 17.5 Å². The van der Waals surface area contributed by atoms with E-state index in [2.05, 4.69) is 21.4 Å². The molecule has 0 radical (unpaired) electrons. The molecule has 1 aliphatic rings. The van der Waals surface area contributed by atoms with Gasteiger partial charge in [-0.05, 0) is 24.6 Å². The van der Waals surface area contributed by atoms with Crippen LogP contribution in [0.4, 0.5) is 4.39 Å². The van der Waals surface area contributed by atoms with E-state index in [0.29, 0.717) is 35.7 Å². The van der Waals surface area contributed by atoms with Crippen molar-refractivity contribution in [2.24, 2.45) is 0 Å². The summed E-state index contributed by atoms with van der Waals surface area (Å²) in [7, 11) is 0. The maximum Gasteiger partial charge on any atom is 0.295 e. The maximum atomic E-state index is 14.8. The molecule has 1 fully saturated rings. The van der Waals surface area contributed by atoms with E-state index in [-0.39, 0.29) is 17.0 Å². The maximum absolute atomic E-state index is 14.8. The molecule has 0 unspecified atom stereocenters. The smallest absolute Gasteiger partial charge is 0.295 e. The summed E-state index contributed by atoms with van der Waals surface area (Å²) in [6, 6.07) is 12.6. The molecule has 1 atom stereocenters. The molecule has 1 aliphatic heterocycles. The highest BCUT2D eigenvalue weighted by Crippen LogP contribution is 2.33. The molecule has 4 aromatic rings. The first-order chi connectivity index (χ1) is 16.5. The van der Waals surface area contributed by atoms with Crippen LogP contribution >= 0.6 is 11.3 Å². The van der Waals surface area contributed by atoms with Crippen LogP contribution < -0.4 is 0 Å². The lowest BCUT2D eigenvalue weighted by Crippen LogP contribution is -2.54. The Morgan fingerprint density at radius 2 is 1.97 bits per heavy atom. The van der Waals surface area contributed by atoms with Crippen LogP contribution in [0.5, 0.6) is 0 Å². The quantitative estimate of drug-likeness (QED) is 0.333. The largest absolute Gasteiger partial charge is 0.368 e. The lowest BCUT2D eigenvalue weighted by molar-refractivity contribution is -0.130. The van der Waals surface area contributed by atoms with Gasteiger partial charge in [0.15, 0.2) is 0 Å². The first-order valence-electron chi connectivity index (χ1n) is 11.0. The lowest BCUT2D eigenvalue weighted by atomic mass is 10.0. The Labute approximate surface area is 200 Å². The van der Waals surface area contributed by atoms with E-state index in [0.717, 1.165) is 11.3 Å². The van der Waals surface area contributed by atoms with Crippen LogP contribution in [-0.4, -0.2) is 57.1 Å². The summed E-state index contributed by atoms with van der Waals surface area (Å²) < 4.78 is 14.8. The SMILES string of the molecule is C=C(c1ccccc1)N1CCN(C(=O)C(=O)c2c[nH]c3c(-c4nccs4)ccc(F)c23)[C@@H](C)C1. The Balaban J connectivity index is 1.37. The molecule has 0 bridgehead atoms. The molecule has 172 valence electrons. The molecular formula is C26H23FN4O2S. The normalized spacial score (nSPS) is 16.1. The minimum atomic E-state index is -0.719. The number of aromatic nitrogens is 2. The number of carbonyl (C=O) groups is 2. The summed E-state index contributed by atoms with van der Waals surface area (Å²) in [5.74, 6) is -1.90. The second kappa shape index (κ2) is 8.87. The molecule has 3 heterocycles. The number of thiazole rings is 1. The number of ketones is 1. The Kier molecular flexibility index (Phi) is 5.75. The van der Waals surface area contributed by atoms with Crippen LogP contribution in [0.3, 0.4) is 0 Å². The zero-order valence-corrected chi connectivity index (χ0v) is 19.4. The van der Waals surface area contributed by atoms with Gasteiger partial charge < -0.3 is 14.8 Å². The van der Waals surface area contributed by atoms with Gasteiger partial charge in [-0.15, -0.1) is 11.3 Å². The fourth-order valence-corrected chi connectivity index (χ4v) is 5.15. The van der Waals surface area contributed by atoms with Crippen molar-refractivity contribution in [1.82, 2.24) is 19.8 Å². The molecule has 1 amide bonds. The van der Waals surface area contributed by atoms with E-state index in [4.69, 9.17) is 0 Å². The first kappa shape index (κ1) is 22.0. The number of benzene rings is 2. The molecule has 1 N–H and O–H groups in total. The number of Topliss-reactive ketones (excluding diaryl/α,β-unsaturated/α-hetero) is 1. The van der Waals surface area contributed by atoms with Crippen molar-refractivity contribution in [2.75, 3.05) is 19.6 Å². The Morgan fingerprint density at radius 1 is 1.18 bits per heavy atom. The molecule has 6 nitrogen and oxygen atoms in total. The summed E-state index contributed by atoms with van der Waals surface area (Å²) in [6.45, 7) is 7.62. The number of nitrogens with zero attached hydrogens (tertiary/aromatic N) is 3. The van der Waals surface area contributed by atoms with Crippen molar-refractivity contribution in [3.05, 3.63) is 83.8 Å². The average molecular weight is 475 g/mol.